The molecule has 2 aromatic rings. The molecule has 0 aliphatic heterocycles. The molecule has 0 bridgehead atoms. The van der Waals surface area contributed by atoms with Crippen LogP contribution in [0, 0.1) is 6.92 Å². The summed E-state index contributed by atoms with van der Waals surface area (Å²) in [6, 6.07) is 5.80. The first kappa shape index (κ1) is 14.6. The van der Waals surface area contributed by atoms with Gasteiger partial charge in [-0.25, -0.2) is 4.98 Å². The van der Waals surface area contributed by atoms with Crippen LogP contribution in [-0.4, -0.2) is 26.4 Å². The Balaban J connectivity index is 2.49. The summed E-state index contributed by atoms with van der Waals surface area (Å²) in [6.45, 7) is 1.93. The number of nitrogens with zero attached hydrogens (tertiary/aromatic N) is 2. The van der Waals surface area contributed by atoms with E-state index in [1.54, 1.807) is 6.20 Å². The summed E-state index contributed by atoms with van der Waals surface area (Å²) in [5.41, 5.74) is 1.87. The van der Waals surface area contributed by atoms with Crippen LogP contribution < -0.4 is 0 Å². The van der Waals surface area contributed by atoms with Crippen LogP contribution in [0.1, 0.15) is 5.69 Å². The number of imidazole rings is 1. The number of hydrogen-bond acceptors (Lipinski definition) is 3. The number of aromatic nitrogens is 2. The maximum atomic E-state index is 10.7. The summed E-state index contributed by atoms with van der Waals surface area (Å²) in [5.74, 6) is -0.873. The van der Waals surface area contributed by atoms with E-state index in [9.17, 15) is 4.79 Å². The molecule has 0 fully saturated rings. The highest BCUT2D eigenvalue weighted by Gasteiger charge is 2.15. The molecule has 0 unspecified atom stereocenters. The van der Waals surface area contributed by atoms with Crippen LogP contribution in [-0.2, 0) is 4.79 Å². The lowest BCUT2D eigenvalue weighted by atomic mass is 10.3. The lowest BCUT2D eigenvalue weighted by molar-refractivity contribution is -0.133. The molecule has 100 valence electrons. The van der Waals surface area contributed by atoms with Crippen LogP contribution in [0.25, 0.3) is 5.69 Å². The largest absolute Gasteiger partial charge is 0.481 e. The van der Waals surface area contributed by atoms with E-state index in [-0.39, 0.29) is 5.75 Å². The Morgan fingerprint density at radius 2 is 2.05 bits per heavy atom. The molecule has 4 nitrogen and oxygen atoms in total. The molecule has 1 aromatic carbocycles. The zero-order chi connectivity index (χ0) is 14.0. The number of halogens is 2. The molecular formula is C12H10Br2N2O2S. The molecule has 7 heteroatoms. The molecule has 0 spiro atoms. The molecule has 1 heterocycles. The molecule has 0 aliphatic carbocycles. The summed E-state index contributed by atoms with van der Waals surface area (Å²) in [7, 11) is 0. The van der Waals surface area contributed by atoms with Gasteiger partial charge in [-0.15, -0.1) is 0 Å². The highest BCUT2D eigenvalue weighted by molar-refractivity contribution is 9.11. The lowest BCUT2D eigenvalue weighted by Crippen LogP contribution is -2.04. The van der Waals surface area contributed by atoms with Crippen molar-refractivity contribution in [1.82, 2.24) is 9.55 Å². The van der Waals surface area contributed by atoms with Crippen molar-refractivity contribution in [1.29, 1.82) is 0 Å². The topological polar surface area (TPSA) is 55.1 Å². The van der Waals surface area contributed by atoms with Gasteiger partial charge in [0.15, 0.2) is 5.16 Å². The van der Waals surface area contributed by atoms with Crippen LogP contribution in [0.15, 0.2) is 38.5 Å². The molecule has 19 heavy (non-hydrogen) atoms. The van der Waals surface area contributed by atoms with Gasteiger partial charge in [0, 0.05) is 20.8 Å². The second kappa shape index (κ2) is 6.11. The van der Waals surface area contributed by atoms with Crippen molar-refractivity contribution in [3.8, 4) is 5.69 Å². The second-order valence-electron chi connectivity index (χ2n) is 3.77. The van der Waals surface area contributed by atoms with Crippen LogP contribution in [0.2, 0.25) is 0 Å². The van der Waals surface area contributed by atoms with Crippen molar-refractivity contribution in [3.63, 3.8) is 0 Å². The fourth-order valence-corrected chi connectivity index (χ4v) is 3.71. The maximum absolute atomic E-state index is 10.7. The zero-order valence-electron chi connectivity index (χ0n) is 9.93. The average molecular weight is 406 g/mol. The number of hydrogen-bond donors (Lipinski definition) is 1. The van der Waals surface area contributed by atoms with Crippen LogP contribution >= 0.6 is 43.6 Å². The first-order valence-corrected chi connectivity index (χ1v) is 7.91. The molecular weight excluding hydrogens is 396 g/mol. The fraction of sp³-hybridized carbons (Fsp3) is 0.167. The monoisotopic (exact) mass is 404 g/mol. The zero-order valence-corrected chi connectivity index (χ0v) is 13.9. The Morgan fingerprint density at radius 3 is 2.63 bits per heavy atom. The van der Waals surface area contributed by atoms with Gasteiger partial charge in [0.2, 0.25) is 0 Å². The Bertz CT molecular complexity index is 608. The number of rotatable bonds is 4. The van der Waals surface area contributed by atoms with Crippen molar-refractivity contribution in [3.05, 3.63) is 39.0 Å². The maximum Gasteiger partial charge on any atom is 0.313 e. The molecule has 0 aliphatic rings. The first-order valence-electron chi connectivity index (χ1n) is 5.34. The highest BCUT2D eigenvalue weighted by Crippen LogP contribution is 2.33. The highest BCUT2D eigenvalue weighted by atomic mass is 79.9. The number of benzene rings is 1. The van der Waals surface area contributed by atoms with Gasteiger partial charge in [0.25, 0.3) is 0 Å². The van der Waals surface area contributed by atoms with E-state index < -0.39 is 5.97 Å². The number of thioether (sulfide) groups is 1. The predicted octanol–water partition coefficient (Wildman–Crippen LogP) is 3.88. The van der Waals surface area contributed by atoms with Crippen molar-refractivity contribution in [2.45, 2.75) is 12.1 Å². The molecule has 0 saturated carbocycles. The molecule has 2 rings (SSSR count). The normalized spacial score (nSPS) is 10.7. The van der Waals surface area contributed by atoms with Gasteiger partial charge in [0.1, 0.15) is 0 Å². The summed E-state index contributed by atoms with van der Waals surface area (Å²) in [6.07, 6.45) is 1.73. The quantitative estimate of drug-likeness (QED) is 0.784. The fourth-order valence-electron chi connectivity index (χ4n) is 1.62. The first-order chi connectivity index (χ1) is 9.00. The Morgan fingerprint density at radius 1 is 1.42 bits per heavy atom. The van der Waals surface area contributed by atoms with E-state index in [4.69, 9.17) is 5.11 Å². The molecule has 1 aromatic heterocycles. The number of carboxylic acids is 1. The van der Waals surface area contributed by atoms with Crippen LogP contribution in [0.3, 0.4) is 0 Å². The number of para-hydroxylation sites is 1. The third kappa shape index (κ3) is 3.21. The van der Waals surface area contributed by atoms with Crippen molar-refractivity contribution >= 4 is 49.6 Å². The summed E-state index contributed by atoms with van der Waals surface area (Å²) in [4.78, 5) is 15.0. The van der Waals surface area contributed by atoms with Crippen molar-refractivity contribution < 1.29 is 9.90 Å². The molecule has 0 saturated heterocycles. The predicted molar refractivity (Wildman–Crippen MR) is 82.1 cm³/mol. The van der Waals surface area contributed by atoms with Crippen molar-refractivity contribution in [2.75, 3.05) is 5.75 Å². The number of carbonyl (C=O) groups is 1. The average Bonchev–Trinajstić information content (AvgIpc) is 2.69. The molecule has 0 atom stereocenters. The molecule has 0 amide bonds. The van der Waals surface area contributed by atoms with Gasteiger partial charge in [-0.05, 0) is 50.9 Å². The van der Waals surface area contributed by atoms with Gasteiger partial charge in [-0.3, -0.25) is 9.36 Å². The molecule has 1 N–H and O–H groups in total. The van der Waals surface area contributed by atoms with Crippen LogP contribution in [0.5, 0.6) is 0 Å². The van der Waals surface area contributed by atoms with Gasteiger partial charge < -0.3 is 5.11 Å². The third-order valence-electron chi connectivity index (χ3n) is 2.39. The van der Waals surface area contributed by atoms with Gasteiger partial charge in [-0.2, -0.15) is 0 Å². The van der Waals surface area contributed by atoms with E-state index in [0.717, 1.165) is 20.3 Å². The minimum atomic E-state index is -0.858. The minimum Gasteiger partial charge on any atom is -0.481 e. The van der Waals surface area contributed by atoms with Gasteiger partial charge in [-0.1, -0.05) is 17.8 Å². The standard InChI is InChI=1S/C12H10Br2N2O2S/c1-7-5-15-12(19-6-10(17)18)16(7)11-8(13)3-2-4-9(11)14/h2-5H,6H2,1H3,(H,17,18). The Hall–Kier alpha value is -0.790. The minimum absolute atomic E-state index is 0.0154. The summed E-state index contributed by atoms with van der Waals surface area (Å²) < 4.78 is 3.77. The van der Waals surface area contributed by atoms with E-state index in [0.29, 0.717) is 5.16 Å². The number of aryl methyl sites for hydroxylation is 1. The van der Waals surface area contributed by atoms with Crippen molar-refractivity contribution in [2.24, 2.45) is 0 Å². The molecule has 0 radical (unpaired) electrons. The van der Waals surface area contributed by atoms with Gasteiger partial charge >= 0.3 is 5.97 Å². The van der Waals surface area contributed by atoms with E-state index >= 15 is 0 Å². The van der Waals surface area contributed by atoms with Gasteiger partial charge in [0.05, 0.1) is 11.4 Å². The number of aliphatic carboxylic acids is 1. The summed E-state index contributed by atoms with van der Waals surface area (Å²) in [5, 5.41) is 9.44. The van der Waals surface area contributed by atoms with Crippen LogP contribution in [0.4, 0.5) is 0 Å². The Kier molecular flexibility index (Phi) is 4.70. The van der Waals surface area contributed by atoms with E-state index in [2.05, 4.69) is 36.8 Å². The third-order valence-corrected chi connectivity index (χ3v) is 4.61. The number of carboxylic acid groups (broad SMARTS) is 1. The van der Waals surface area contributed by atoms with E-state index in [1.165, 1.54) is 11.8 Å². The second-order valence-corrected chi connectivity index (χ2v) is 6.42. The lowest BCUT2D eigenvalue weighted by Gasteiger charge is -2.13. The Labute approximate surface area is 131 Å². The smallest absolute Gasteiger partial charge is 0.313 e. The summed E-state index contributed by atoms with van der Waals surface area (Å²) >= 11 is 8.22. The SMILES string of the molecule is Cc1cnc(SCC(=O)O)n1-c1c(Br)cccc1Br. The van der Waals surface area contributed by atoms with E-state index in [1.807, 2.05) is 29.7 Å².